The number of rotatable bonds is 2. The zero-order valence-corrected chi connectivity index (χ0v) is 13.2. The van der Waals surface area contributed by atoms with Crippen LogP contribution in [0.15, 0.2) is 44.7 Å². The van der Waals surface area contributed by atoms with Gasteiger partial charge in [0.1, 0.15) is 5.65 Å². The molecule has 0 aliphatic heterocycles. The lowest BCUT2D eigenvalue weighted by atomic mass is 10.0. The van der Waals surface area contributed by atoms with E-state index in [9.17, 15) is 14.4 Å². The topological polar surface area (TPSA) is 76.9 Å². The van der Waals surface area contributed by atoms with Crippen LogP contribution in [0.25, 0.3) is 11.0 Å². The van der Waals surface area contributed by atoms with E-state index in [-0.39, 0.29) is 11.2 Å². The van der Waals surface area contributed by atoms with E-state index in [0.717, 1.165) is 15.7 Å². The van der Waals surface area contributed by atoms with Gasteiger partial charge in [0.15, 0.2) is 0 Å². The number of hydrogen-bond acceptors (Lipinski definition) is 3. The first kappa shape index (κ1) is 15.0. The van der Waals surface area contributed by atoms with Crippen molar-refractivity contribution in [2.45, 2.75) is 13.3 Å². The fourth-order valence-electron chi connectivity index (χ4n) is 2.72. The fraction of sp³-hybridized carbons (Fsp3) is 0.235. The molecule has 2 aromatic heterocycles. The van der Waals surface area contributed by atoms with Crippen molar-refractivity contribution in [3.63, 3.8) is 0 Å². The van der Waals surface area contributed by atoms with Crippen molar-refractivity contribution < 1.29 is 0 Å². The first-order valence-electron chi connectivity index (χ1n) is 7.26. The lowest BCUT2D eigenvalue weighted by molar-refractivity contribution is 0.706. The van der Waals surface area contributed by atoms with E-state index < -0.39 is 11.2 Å². The Balaban J connectivity index is 2.27. The van der Waals surface area contributed by atoms with Crippen LogP contribution in [0.2, 0.25) is 0 Å². The second-order valence-electron chi connectivity index (χ2n) is 5.70. The van der Waals surface area contributed by atoms with Gasteiger partial charge in [-0.3, -0.25) is 18.7 Å². The number of pyridine rings is 1. The SMILES string of the molecule is Cc1ccccc1Cc1cc2c(=O)n(C)c(=O)n(C)c2[nH]c1=O. The summed E-state index contributed by atoms with van der Waals surface area (Å²) in [5.74, 6) is 0. The summed E-state index contributed by atoms with van der Waals surface area (Å²) in [5, 5.41) is 0.331. The Kier molecular flexibility index (Phi) is 3.52. The monoisotopic (exact) mass is 311 g/mol. The summed E-state index contributed by atoms with van der Waals surface area (Å²) in [6.07, 6.45) is 0.434. The summed E-state index contributed by atoms with van der Waals surface area (Å²) >= 11 is 0. The van der Waals surface area contributed by atoms with E-state index in [1.807, 2.05) is 31.2 Å². The van der Waals surface area contributed by atoms with Crippen LogP contribution in [-0.2, 0) is 20.5 Å². The van der Waals surface area contributed by atoms with Gasteiger partial charge < -0.3 is 4.98 Å². The minimum Gasteiger partial charge on any atom is -0.307 e. The molecule has 3 rings (SSSR count). The quantitative estimate of drug-likeness (QED) is 0.761. The highest BCUT2D eigenvalue weighted by Gasteiger charge is 2.12. The Morgan fingerprint density at radius 3 is 2.39 bits per heavy atom. The summed E-state index contributed by atoms with van der Waals surface area (Å²) in [6.45, 7) is 1.98. The molecule has 0 radical (unpaired) electrons. The molecule has 0 spiro atoms. The Hall–Kier alpha value is -2.89. The third-order valence-electron chi connectivity index (χ3n) is 4.18. The van der Waals surface area contributed by atoms with Gasteiger partial charge in [-0.2, -0.15) is 0 Å². The molecule has 6 heteroatoms. The van der Waals surface area contributed by atoms with Crippen molar-refractivity contribution in [1.82, 2.24) is 14.1 Å². The molecule has 2 heterocycles. The summed E-state index contributed by atoms with van der Waals surface area (Å²) in [4.78, 5) is 39.2. The molecule has 3 aromatic rings. The number of nitrogens with zero attached hydrogens (tertiary/aromatic N) is 2. The first-order chi connectivity index (χ1) is 10.9. The number of aromatic amines is 1. The molecule has 0 bridgehead atoms. The number of fused-ring (bicyclic) bond motifs is 1. The van der Waals surface area contributed by atoms with Crippen molar-refractivity contribution in [3.05, 3.63) is 78.2 Å². The average Bonchev–Trinajstić information content (AvgIpc) is 2.54. The van der Waals surface area contributed by atoms with E-state index in [2.05, 4.69) is 4.98 Å². The molecule has 0 atom stereocenters. The molecule has 0 saturated heterocycles. The van der Waals surface area contributed by atoms with Crippen molar-refractivity contribution in [2.75, 3.05) is 0 Å². The van der Waals surface area contributed by atoms with Crippen LogP contribution >= 0.6 is 0 Å². The second-order valence-corrected chi connectivity index (χ2v) is 5.70. The molecule has 0 unspecified atom stereocenters. The van der Waals surface area contributed by atoms with Gasteiger partial charge in [-0.15, -0.1) is 0 Å². The Bertz CT molecular complexity index is 1090. The molecule has 0 amide bonds. The number of nitrogens with one attached hydrogen (secondary N) is 1. The summed E-state index contributed by atoms with van der Waals surface area (Å²) in [7, 11) is 2.96. The van der Waals surface area contributed by atoms with Gasteiger partial charge in [0.2, 0.25) is 0 Å². The van der Waals surface area contributed by atoms with Gasteiger partial charge in [0.05, 0.1) is 5.39 Å². The van der Waals surface area contributed by atoms with Crippen molar-refractivity contribution in [3.8, 4) is 0 Å². The van der Waals surface area contributed by atoms with Gasteiger partial charge in [-0.05, 0) is 24.1 Å². The van der Waals surface area contributed by atoms with Crippen LogP contribution in [0.5, 0.6) is 0 Å². The van der Waals surface area contributed by atoms with Gasteiger partial charge in [-0.1, -0.05) is 24.3 Å². The predicted molar refractivity (Wildman–Crippen MR) is 89.0 cm³/mol. The van der Waals surface area contributed by atoms with Crippen molar-refractivity contribution in [1.29, 1.82) is 0 Å². The van der Waals surface area contributed by atoms with Crippen LogP contribution in [-0.4, -0.2) is 14.1 Å². The van der Waals surface area contributed by atoms with Crippen LogP contribution in [0.1, 0.15) is 16.7 Å². The van der Waals surface area contributed by atoms with E-state index >= 15 is 0 Å². The van der Waals surface area contributed by atoms with Crippen LogP contribution in [0.3, 0.4) is 0 Å². The molecule has 6 nitrogen and oxygen atoms in total. The third-order valence-corrected chi connectivity index (χ3v) is 4.18. The van der Waals surface area contributed by atoms with E-state index in [1.54, 1.807) is 6.07 Å². The first-order valence-corrected chi connectivity index (χ1v) is 7.26. The molecule has 23 heavy (non-hydrogen) atoms. The highest BCUT2D eigenvalue weighted by Crippen LogP contribution is 2.13. The van der Waals surface area contributed by atoms with Crippen molar-refractivity contribution >= 4 is 11.0 Å². The number of benzene rings is 1. The number of hydrogen-bond donors (Lipinski definition) is 1. The minimum atomic E-state index is -0.468. The summed E-state index contributed by atoms with van der Waals surface area (Å²) < 4.78 is 2.31. The molecular weight excluding hydrogens is 294 g/mol. The second kappa shape index (κ2) is 5.39. The molecule has 118 valence electrons. The van der Waals surface area contributed by atoms with Crippen LogP contribution < -0.4 is 16.8 Å². The third kappa shape index (κ3) is 2.42. The molecule has 1 N–H and O–H groups in total. The molecular formula is C17H17N3O3. The highest BCUT2D eigenvalue weighted by molar-refractivity contribution is 5.74. The normalized spacial score (nSPS) is 11.1. The zero-order chi connectivity index (χ0) is 16.7. The van der Waals surface area contributed by atoms with E-state index in [1.165, 1.54) is 18.7 Å². The number of aromatic nitrogens is 3. The van der Waals surface area contributed by atoms with Gasteiger partial charge in [0, 0.05) is 26.1 Å². The predicted octanol–water partition coefficient (Wildman–Crippen LogP) is 0.825. The number of H-pyrrole nitrogens is 1. The summed E-state index contributed by atoms with van der Waals surface area (Å²) in [5.41, 5.74) is 1.69. The van der Waals surface area contributed by atoms with E-state index in [0.29, 0.717) is 17.4 Å². The van der Waals surface area contributed by atoms with Crippen molar-refractivity contribution in [2.24, 2.45) is 14.1 Å². The largest absolute Gasteiger partial charge is 0.332 e. The Labute approximate surface area is 131 Å². The standard InChI is InChI=1S/C17H17N3O3/c1-10-6-4-5-7-11(10)8-12-9-13-14(18-15(12)21)19(2)17(23)20(3)16(13)22/h4-7,9H,8H2,1-3H3,(H,18,21). The molecule has 1 aromatic carbocycles. The average molecular weight is 311 g/mol. The maximum Gasteiger partial charge on any atom is 0.332 e. The molecule has 0 aliphatic rings. The fourth-order valence-corrected chi connectivity index (χ4v) is 2.72. The highest BCUT2D eigenvalue weighted by atomic mass is 16.2. The van der Waals surface area contributed by atoms with Crippen LogP contribution in [0, 0.1) is 6.92 Å². The minimum absolute atomic E-state index is 0.247. The van der Waals surface area contributed by atoms with E-state index in [4.69, 9.17) is 0 Å². The van der Waals surface area contributed by atoms with Crippen LogP contribution in [0.4, 0.5) is 0 Å². The summed E-state index contributed by atoms with van der Waals surface area (Å²) in [6, 6.07) is 9.38. The Morgan fingerprint density at radius 2 is 1.70 bits per heavy atom. The lowest BCUT2D eigenvalue weighted by Gasteiger charge is -2.09. The van der Waals surface area contributed by atoms with Gasteiger partial charge in [0.25, 0.3) is 11.1 Å². The molecule has 0 fully saturated rings. The Morgan fingerprint density at radius 1 is 1.00 bits per heavy atom. The zero-order valence-electron chi connectivity index (χ0n) is 13.2. The van der Waals surface area contributed by atoms with Gasteiger partial charge in [-0.25, -0.2) is 4.79 Å². The van der Waals surface area contributed by atoms with Gasteiger partial charge >= 0.3 is 5.69 Å². The molecule has 0 aliphatic carbocycles. The smallest absolute Gasteiger partial charge is 0.307 e. The number of aryl methyl sites for hydroxylation is 2. The molecule has 0 saturated carbocycles. The maximum absolute atomic E-state index is 12.3. The maximum atomic E-state index is 12.3. The lowest BCUT2D eigenvalue weighted by Crippen LogP contribution is -2.38.